The molecule has 0 bridgehead atoms. The maximum Gasteiger partial charge on any atom is 0.225 e. The molecule has 3 rings (SSSR count). The number of carbonyl (C=O) groups is 1. The molecule has 3 heteroatoms. The third-order valence-electron chi connectivity index (χ3n) is 4.59. The van der Waals surface area contributed by atoms with Crippen molar-refractivity contribution in [2.24, 2.45) is 17.8 Å². The maximum atomic E-state index is 12.1. The van der Waals surface area contributed by atoms with Crippen LogP contribution in [0.2, 0.25) is 0 Å². The summed E-state index contributed by atoms with van der Waals surface area (Å²) < 4.78 is 0. The molecular weight excluding hydrogens is 202 g/mol. The van der Waals surface area contributed by atoms with Crippen molar-refractivity contribution in [2.75, 3.05) is 13.1 Å². The number of fused-ring (bicyclic) bond motifs is 1. The van der Waals surface area contributed by atoms with Gasteiger partial charge in [-0.2, -0.15) is 0 Å². The highest BCUT2D eigenvalue weighted by atomic mass is 16.3. The number of amides is 1. The summed E-state index contributed by atoms with van der Waals surface area (Å²) in [6, 6.07) is 0. The van der Waals surface area contributed by atoms with Gasteiger partial charge >= 0.3 is 0 Å². The van der Waals surface area contributed by atoms with Crippen molar-refractivity contribution in [3.8, 4) is 0 Å². The molecule has 0 aromatic heterocycles. The Bertz CT molecular complexity index is 299. The zero-order chi connectivity index (χ0) is 11.3. The van der Waals surface area contributed by atoms with E-state index in [4.69, 9.17) is 0 Å². The lowest BCUT2D eigenvalue weighted by Gasteiger charge is -2.47. The molecule has 3 nitrogen and oxygen atoms in total. The zero-order valence-corrected chi connectivity index (χ0v) is 9.98. The van der Waals surface area contributed by atoms with E-state index < -0.39 is 5.60 Å². The van der Waals surface area contributed by atoms with Crippen LogP contribution in [0, 0.1) is 17.8 Å². The van der Waals surface area contributed by atoms with E-state index in [9.17, 15) is 9.90 Å². The molecule has 90 valence electrons. The van der Waals surface area contributed by atoms with Crippen LogP contribution < -0.4 is 0 Å². The molecule has 1 N–H and O–H groups in total. The summed E-state index contributed by atoms with van der Waals surface area (Å²) in [5.74, 6) is 2.33. The Labute approximate surface area is 96.8 Å². The third-order valence-corrected chi connectivity index (χ3v) is 4.59. The Kier molecular flexibility index (Phi) is 2.29. The van der Waals surface area contributed by atoms with Crippen molar-refractivity contribution >= 4 is 5.91 Å². The predicted octanol–water partition coefficient (Wildman–Crippen LogP) is 1.41. The average molecular weight is 223 g/mol. The lowest BCUT2D eigenvalue weighted by Crippen LogP contribution is -2.64. The maximum absolute atomic E-state index is 12.1. The molecule has 1 heterocycles. The second-order valence-electron chi connectivity index (χ2n) is 6.09. The minimum Gasteiger partial charge on any atom is -0.386 e. The minimum atomic E-state index is -0.564. The average Bonchev–Trinajstić information content (AvgIpc) is 2.81. The van der Waals surface area contributed by atoms with Crippen molar-refractivity contribution in [3.63, 3.8) is 0 Å². The number of rotatable bonds is 3. The molecule has 2 saturated carbocycles. The first-order chi connectivity index (χ1) is 7.61. The summed E-state index contributed by atoms with van der Waals surface area (Å²) in [6.45, 7) is 3.23. The number of aliphatic hydroxyl groups is 1. The molecule has 2 aliphatic carbocycles. The number of hydrogen-bond donors (Lipinski definition) is 1. The monoisotopic (exact) mass is 223 g/mol. The van der Waals surface area contributed by atoms with Crippen LogP contribution in [0.1, 0.15) is 39.0 Å². The van der Waals surface area contributed by atoms with Gasteiger partial charge in [0.2, 0.25) is 5.91 Å². The van der Waals surface area contributed by atoms with E-state index in [0.717, 1.165) is 37.5 Å². The number of nitrogens with zero attached hydrogens (tertiary/aromatic N) is 1. The molecule has 1 aliphatic heterocycles. The van der Waals surface area contributed by atoms with Gasteiger partial charge in [0.15, 0.2) is 0 Å². The molecular formula is C13H21NO2. The number of carbonyl (C=O) groups excluding carboxylic acids is 1. The van der Waals surface area contributed by atoms with E-state index in [0.29, 0.717) is 19.0 Å². The smallest absolute Gasteiger partial charge is 0.225 e. The van der Waals surface area contributed by atoms with Crippen LogP contribution in [0.4, 0.5) is 0 Å². The van der Waals surface area contributed by atoms with Gasteiger partial charge in [0.1, 0.15) is 0 Å². The molecule has 1 amide bonds. The van der Waals surface area contributed by atoms with Gasteiger partial charge in [-0.15, -0.1) is 0 Å². The molecule has 0 aromatic rings. The zero-order valence-electron chi connectivity index (χ0n) is 9.98. The molecule has 16 heavy (non-hydrogen) atoms. The first-order valence-corrected chi connectivity index (χ1v) is 6.62. The second-order valence-corrected chi connectivity index (χ2v) is 6.09. The fourth-order valence-electron chi connectivity index (χ4n) is 3.62. The van der Waals surface area contributed by atoms with Crippen molar-refractivity contribution in [1.29, 1.82) is 0 Å². The highest BCUT2D eigenvalue weighted by Gasteiger charge is 2.51. The molecule has 1 saturated heterocycles. The van der Waals surface area contributed by atoms with Crippen molar-refractivity contribution in [1.82, 2.24) is 4.90 Å². The van der Waals surface area contributed by atoms with E-state index in [-0.39, 0.29) is 5.92 Å². The highest BCUT2D eigenvalue weighted by molar-refractivity contribution is 5.80. The van der Waals surface area contributed by atoms with Gasteiger partial charge in [-0.1, -0.05) is 13.3 Å². The Morgan fingerprint density at radius 2 is 1.94 bits per heavy atom. The molecule has 0 spiro atoms. The van der Waals surface area contributed by atoms with Gasteiger partial charge in [0.05, 0.1) is 18.7 Å². The van der Waals surface area contributed by atoms with Crippen LogP contribution in [0.3, 0.4) is 0 Å². The summed E-state index contributed by atoms with van der Waals surface area (Å²) >= 11 is 0. The van der Waals surface area contributed by atoms with Crippen molar-refractivity contribution in [2.45, 2.75) is 44.6 Å². The topological polar surface area (TPSA) is 40.5 Å². The number of β-amino-alcohol motifs (C(OH)–C–C–N with tert-alkyl or cyclic N) is 1. The Balaban J connectivity index is 1.50. The number of hydrogen-bond acceptors (Lipinski definition) is 2. The summed E-state index contributed by atoms with van der Waals surface area (Å²) in [4.78, 5) is 14.0. The van der Waals surface area contributed by atoms with E-state index in [1.165, 1.54) is 6.42 Å². The minimum absolute atomic E-state index is 0.287. The van der Waals surface area contributed by atoms with E-state index >= 15 is 0 Å². The fourth-order valence-corrected chi connectivity index (χ4v) is 3.62. The summed E-state index contributed by atoms with van der Waals surface area (Å²) in [7, 11) is 0. The molecule has 2 atom stereocenters. The normalized spacial score (nSPS) is 39.1. The molecule has 2 unspecified atom stereocenters. The Hall–Kier alpha value is -0.570. The standard InChI is InChI=1S/C13H21NO2/c1-2-3-13(16)7-14(8-13)12(15)11-5-9-4-10(9)6-11/h9-11,16H,2-8H2,1H3. The van der Waals surface area contributed by atoms with E-state index in [1.807, 2.05) is 4.90 Å². The first kappa shape index (κ1) is 10.6. The van der Waals surface area contributed by atoms with Crippen LogP contribution in [-0.4, -0.2) is 34.6 Å². The molecule has 0 radical (unpaired) electrons. The molecule has 3 aliphatic rings. The van der Waals surface area contributed by atoms with Gasteiger partial charge in [0, 0.05) is 5.92 Å². The summed E-state index contributed by atoms with van der Waals surface area (Å²) in [5.41, 5.74) is -0.564. The largest absolute Gasteiger partial charge is 0.386 e. The first-order valence-electron chi connectivity index (χ1n) is 6.62. The SMILES string of the molecule is CCCC1(O)CN(C(=O)C2CC3CC3C2)C1. The van der Waals surface area contributed by atoms with E-state index in [2.05, 4.69) is 6.92 Å². The fraction of sp³-hybridized carbons (Fsp3) is 0.923. The Morgan fingerprint density at radius 1 is 1.31 bits per heavy atom. The second kappa shape index (κ2) is 3.46. The molecule has 3 fully saturated rings. The molecule has 0 aromatic carbocycles. The lowest BCUT2D eigenvalue weighted by atomic mass is 9.87. The van der Waals surface area contributed by atoms with Gasteiger partial charge in [0.25, 0.3) is 0 Å². The summed E-state index contributed by atoms with van der Waals surface area (Å²) in [6.07, 6.45) is 5.42. The van der Waals surface area contributed by atoms with Gasteiger partial charge < -0.3 is 10.0 Å². The van der Waals surface area contributed by atoms with Crippen LogP contribution in [0.15, 0.2) is 0 Å². The van der Waals surface area contributed by atoms with Crippen LogP contribution in [0.5, 0.6) is 0 Å². The predicted molar refractivity (Wildman–Crippen MR) is 60.8 cm³/mol. The Morgan fingerprint density at radius 3 is 2.50 bits per heavy atom. The van der Waals surface area contributed by atoms with Crippen LogP contribution in [-0.2, 0) is 4.79 Å². The van der Waals surface area contributed by atoms with Crippen molar-refractivity contribution in [3.05, 3.63) is 0 Å². The third kappa shape index (κ3) is 1.65. The van der Waals surface area contributed by atoms with Crippen LogP contribution >= 0.6 is 0 Å². The van der Waals surface area contributed by atoms with Gasteiger partial charge in [-0.25, -0.2) is 0 Å². The highest BCUT2D eigenvalue weighted by Crippen LogP contribution is 2.54. The van der Waals surface area contributed by atoms with Crippen LogP contribution in [0.25, 0.3) is 0 Å². The van der Waals surface area contributed by atoms with Gasteiger partial charge in [-0.05, 0) is 37.5 Å². The quantitative estimate of drug-likeness (QED) is 0.786. The van der Waals surface area contributed by atoms with Crippen molar-refractivity contribution < 1.29 is 9.90 Å². The number of likely N-dealkylation sites (tertiary alicyclic amines) is 1. The lowest BCUT2D eigenvalue weighted by molar-refractivity contribution is -0.160. The van der Waals surface area contributed by atoms with Gasteiger partial charge in [-0.3, -0.25) is 4.79 Å². The van der Waals surface area contributed by atoms with E-state index in [1.54, 1.807) is 0 Å². The summed E-state index contributed by atoms with van der Waals surface area (Å²) in [5, 5.41) is 10.0.